The van der Waals surface area contributed by atoms with Crippen LogP contribution in [0, 0.1) is 6.92 Å². The van der Waals surface area contributed by atoms with Crippen LogP contribution in [-0.4, -0.2) is 61.1 Å². The first kappa shape index (κ1) is 17.7. The van der Waals surface area contributed by atoms with Gasteiger partial charge in [0.1, 0.15) is 0 Å². The molecular weight excluding hydrogens is 318 g/mol. The van der Waals surface area contributed by atoms with Crippen molar-refractivity contribution in [3.05, 3.63) is 29.3 Å². The number of nitrogens with zero attached hydrogens (tertiary/aromatic N) is 2. The molecule has 136 valence electrons. The van der Waals surface area contributed by atoms with E-state index >= 15 is 0 Å². The fourth-order valence-corrected chi connectivity index (χ4v) is 3.52. The molecule has 0 unspecified atom stereocenters. The van der Waals surface area contributed by atoms with Crippen LogP contribution in [-0.2, 0) is 4.74 Å². The summed E-state index contributed by atoms with van der Waals surface area (Å²) in [5.74, 6) is 0.00711. The summed E-state index contributed by atoms with van der Waals surface area (Å²) in [6.07, 6.45) is 4.24. The lowest BCUT2D eigenvalue weighted by molar-refractivity contribution is 0.0793. The summed E-state index contributed by atoms with van der Waals surface area (Å²) in [7, 11) is 1.76. The minimum atomic E-state index is -0.212. The van der Waals surface area contributed by atoms with E-state index in [1.807, 2.05) is 24.0 Å². The summed E-state index contributed by atoms with van der Waals surface area (Å²) in [6, 6.07) is 5.37. The number of likely N-dealkylation sites (N-methyl/N-ethyl adjacent to an activating group) is 1. The first-order valence-electron chi connectivity index (χ1n) is 9.09. The van der Waals surface area contributed by atoms with Crippen molar-refractivity contribution < 1.29 is 14.3 Å². The van der Waals surface area contributed by atoms with Crippen LogP contribution in [0.25, 0.3) is 0 Å². The second-order valence-corrected chi connectivity index (χ2v) is 6.94. The van der Waals surface area contributed by atoms with Gasteiger partial charge in [0.15, 0.2) is 0 Å². The summed E-state index contributed by atoms with van der Waals surface area (Å²) in [5, 5.41) is 2.91. The molecule has 1 atom stereocenters. The maximum Gasteiger partial charge on any atom is 0.321 e. The van der Waals surface area contributed by atoms with Crippen LogP contribution >= 0.6 is 0 Å². The number of hydrogen-bond donors (Lipinski definition) is 1. The van der Waals surface area contributed by atoms with Crippen LogP contribution in [0.1, 0.15) is 41.6 Å². The zero-order chi connectivity index (χ0) is 17.8. The average Bonchev–Trinajstić information content (AvgIpc) is 3.28. The molecule has 0 spiro atoms. The SMILES string of the molecule is Cc1cccc(NC(=O)N(C)C[C@H]2CCCO2)c1C(=O)N1CCCC1. The van der Waals surface area contributed by atoms with Crippen molar-refractivity contribution in [1.82, 2.24) is 9.80 Å². The van der Waals surface area contributed by atoms with Gasteiger partial charge in [0.05, 0.1) is 17.4 Å². The molecule has 1 aromatic rings. The summed E-state index contributed by atoms with van der Waals surface area (Å²) in [5.41, 5.74) is 2.07. The van der Waals surface area contributed by atoms with Crippen LogP contribution in [0.4, 0.5) is 10.5 Å². The highest BCUT2D eigenvalue weighted by Crippen LogP contribution is 2.24. The number of nitrogens with one attached hydrogen (secondary N) is 1. The molecule has 3 rings (SSSR count). The van der Waals surface area contributed by atoms with Crippen LogP contribution < -0.4 is 5.32 Å². The number of benzene rings is 1. The van der Waals surface area contributed by atoms with E-state index in [1.54, 1.807) is 18.0 Å². The maximum atomic E-state index is 12.9. The van der Waals surface area contributed by atoms with Gasteiger partial charge in [0.2, 0.25) is 0 Å². The maximum absolute atomic E-state index is 12.9. The molecule has 2 saturated heterocycles. The molecule has 2 aliphatic rings. The molecular formula is C19H27N3O3. The highest BCUT2D eigenvalue weighted by molar-refractivity contribution is 6.04. The van der Waals surface area contributed by atoms with E-state index < -0.39 is 0 Å². The monoisotopic (exact) mass is 345 g/mol. The van der Waals surface area contributed by atoms with Gasteiger partial charge >= 0.3 is 6.03 Å². The lowest BCUT2D eigenvalue weighted by Gasteiger charge is -2.23. The second-order valence-electron chi connectivity index (χ2n) is 6.94. The normalized spacial score (nSPS) is 19.9. The van der Waals surface area contributed by atoms with E-state index in [0.29, 0.717) is 17.8 Å². The van der Waals surface area contributed by atoms with Crippen LogP contribution in [0.5, 0.6) is 0 Å². The number of ether oxygens (including phenoxy) is 1. The first-order valence-corrected chi connectivity index (χ1v) is 9.09. The standard InChI is InChI=1S/C19H27N3O3/c1-14-7-5-9-16(17(14)18(23)22-10-3-4-11-22)20-19(24)21(2)13-15-8-6-12-25-15/h5,7,9,15H,3-4,6,8,10-13H2,1-2H3,(H,20,24)/t15-/m1/s1. The Morgan fingerprint density at radius 1 is 1.28 bits per heavy atom. The van der Waals surface area contributed by atoms with Crippen molar-refractivity contribution in [2.45, 2.75) is 38.7 Å². The van der Waals surface area contributed by atoms with Gasteiger partial charge in [-0.2, -0.15) is 0 Å². The smallest absolute Gasteiger partial charge is 0.321 e. The molecule has 1 N–H and O–H groups in total. The summed E-state index contributed by atoms with van der Waals surface area (Å²) in [6.45, 7) is 4.83. The minimum Gasteiger partial charge on any atom is -0.376 e. The number of urea groups is 1. The predicted molar refractivity (Wildman–Crippen MR) is 96.9 cm³/mol. The van der Waals surface area contributed by atoms with Gasteiger partial charge in [0, 0.05) is 33.3 Å². The Balaban J connectivity index is 1.71. The molecule has 25 heavy (non-hydrogen) atoms. The topological polar surface area (TPSA) is 61.9 Å². The third-order valence-corrected chi connectivity index (χ3v) is 4.97. The molecule has 2 aliphatic heterocycles. The third-order valence-electron chi connectivity index (χ3n) is 4.97. The van der Waals surface area contributed by atoms with Crippen molar-refractivity contribution in [3.63, 3.8) is 0 Å². The largest absolute Gasteiger partial charge is 0.376 e. The number of rotatable bonds is 4. The average molecular weight is 345 g/mol. The molecule has 6 nitrogen and oxygen atoms in total. The highest BCUT2D eigenvalue weighted by Gasteiger charge is 2.25. The number of likely N-dealkylation sites (tertiary alicyclic amines) is 1. The van der Waals surface area contributed by atoms with Crippen LogP contribution in [0.2, 0.25) is 0 Å². The van der Waals surface area contributed by atoms with Gasteiger partial charge in [-0.3, -0.25) is 4.79 Å². The number of carbonyl (C=O) groups is 2. The first-order chi connectivity index (χ1) is 12.1. The number of carbonyl (C=O) groups excluding carboxylic acids is 2. The van der Waals surface area contributed by atoms with Crippen molar-refractivity contribution in [1.29, 1.82) is 0 Å². The molecule has 3 amide bonds. The Morgan fingerprint density at radius 3 is 2.72 bits per heavy atom. The zero-order valence-corrected chi connectivity index (χ0v) is 15.1. The number of hydrogen-bond acceptors (Lipinski definition) is 3. The van der Waals surface area contributed by atoms with E-state index in [4.69, 9.17) is 4.74 Å². The van der Waals surface area contributed by atoms with E-state index in [9.17, 15) is 9.59 Å². The molecule has 6 heteroatoms. The van der Waals surface area contributed by atoms with Crippen molar-refractivity contribution in [3.8, 4) is 0 Å². The predicted octanol–water partition coefficient (Wildman–Crippen LogP) is 2.87. The van der Waals surface area contributed by atoms with Crippen molar-refractivity contribution in [2.75, 3.05) is 38.6 Å². The fraction of sp³-hybridized carbons (Fsp3) is 0.579. The van der Waals surface area contributed by atoms with Gasteiger partial charge in [0.25, 0.3) is 5.91 Å². The molecule has 0 aromatic heterocycles. The van der Waals surface area contributed by atoms with E-state index in [0.717, 1.165) is 50.9 Å². The van der Waals surface area contributed by atoms with Crippen molar-refractivity contribution in [2.24, 2.45) is 0 Å². The molecule has 1 aromatic carbocycles. The van der Waals surface area contributed by atoms with E-state index in [-0.39, 0.29) is 18.0 Å². The zero-order valence-electron chi connectivity index (χ0n) is 15.1. The Kier molecular flexibility index (Phi) is 5.58. The Bertz CT molecular complexity index is 635. The van der Waals surface area contributed by atoms with Crippen LogP contribution in [0.15, 0.2) is 18.2 Å². The van der Waals surface area contributed by atoms with E-state index in [1.165, 1.54) is 0 Å². The number of anilines is 1. The van der Waals surface area contributed by atoms with Gasteiger partial charge in [-0.1, -0.05) is 12.1 Å². The van der Waals surface area contributed by atoms with Gasteiger partial charge in [-0.25, -0.2) is 4.79 Å². The van der Waals surface area contributed by atoms with Crippen LogP contribution in [0.3, 0.4) is 0 Å². The Morgan fingerprint density at radius 2 is 2.04 bits per heavy atom. The highest BCUT2D eigenvalue weighted by atomic mass is 16.5. The second kappa shape index (κ2) is 7.87. The molecule has 2 fully saturated rings. The molecule has 0 saturated carbocycles. The van der Waals surface area contributed by atoms with Gasteiger partial charge in [-0.15, -0.1) is 0 Å². The molecule has 0 aliphatic carbocycles. The summed E-state index contributed by atoms with van der Waals surface area (Å²) in [4.78, 5) is 28.9. The summed E-state index contributed by atoms with van der Waals surface area (Å²) >= 11 is 0. The number of aryl methyl sites for hydroxylation is 1. The third kappa shape index (κ3) is 4.12. The Labute approximate surface area is 149 Å². The Hall–Kier alpha value is -2.08. The van der Waals surface area contributed by atoms with E-state index in [2.05, 4.69) is 5.32 Å². The van der Waals surface area contributed by atoms with Gasteiger partial charge in [-0.05, 0) is 44.2 Å². The number of amides is 3. The fourth-order valence-electron chi connectivity index (χ4n) is 3.52. The summed E-state index contributed by atoms with van der Waals surface area (Å²) < 4.78 is 5.59. The molecule has 0 radical (unpaired) electrons. The van der Waals surface area contributed by atoms with Gasteiger partial charge < -0.3 is 19.9 Å². The molecule has 0 bridgehead atoms. The lowest BCUT2D eigenvalue weighted by Crippen LogP contribution is -2.37. The van der Waals surface area contributed by atoms with Crippen molar-refractivity contribution >= 4 is 17.6 Å². The lowest BCUT2D eigenvalue weighted by atomic mass is 10.1. The molecule has 2 heterocycles. The minimum absolute atomic E-state index is 0.00711. The quantitative estimate of drug-likeness (QED) is 0.913.